The molecule has 0 aromatic heterocycles. The van der Waals surface area contributed by atoms with Crippen LogP contribution in [-0.4, -0.2) is 24.7 Å². The van der Waals surface area contributed by atoms with E-state index in [4.69, 9.17) is 9.84 Å². The van der Waals surface area contributed by atoms with Crippen molar-refractivity contribution < 1.29 is 14.6 Å². The highest BCUT2D eigenvalue weighted by atomic mass is 16.5. The van der Waals surface area contributed by atoms with Crippen LogP contribution >= 0.6 is 0 Å². The summed E-state index contributed by atoms with van der Waals surface area (Å²) in [6.07, 6.45) is 0.845. The van der Waals surface area contributed by atoms with Gasteiger partial charge in [-0.15, -0.1) is 0 Å². The Morgan fingerprint density at radius 2 is 2.16 bits per heavy atom. The first kappa shape index (κ1) is 15.5. The highest BCUT2D eigenvalue weighted by Gasteiger charge is 2.06. The van der Waals surface area contributed by atoms with Crippen molar-refractivity contribution in [2.75, 3.05) is 13.7 Å². The Hall–Kier alpha value is -1.55. The fraction of sp³-hybridized carbons (Fsp3) is 0.533. The van der Waals surface area contributed by atoms with Crippen molar-refractivity contribution >= 4 is 5.97 Å². The SMILES string of the molecule is COc1ccc(C(C)C)cc1CNCCCC(=O)O. The molecule has 106 valence electrons. The number of aliphatic carboxylic acids is 1. The van der Waals surface area contributed by atoms with E-state index in [-0.39, 0.29) is 6.42 Å². The zero-order valence-electron chi connectivity index (χ0n) is 11.9. The molecule has 19 heavy (non-hydrogen) atoms. The fourth-order valence-corrected chi connectivity index (χ4v) is 1.88. The van der Waals surface area contributed by atoms with Gasteiger partial charge in [-0.3, -0.25) is 4.79 Å². The quantitative estimate of drug-likeness (QED) is 0.710. The van der Waals surface area contributed by atoms with Gasteiger partial charge in [0, 0.05) is 18.5 Å². The summed E-state index contributed by atoms with van der Waals surface area (Å²) in [6.45, 7) is 5.71. The highest BCUT2D eigenvalue weighted by molar-refractivity contribution is 5.66. The summed E-state index contributed by atoms with van der Waals surface area (Å²) in [5, 5.41) is 11.8. The molecular formula is C15H23NO3. The van der Waals surface area contributed by atoms with E-state index in [1.54, 1.807) is 7.11 Å². The Morgan fingerprint density at radius 3 is 2.74 bits per heavy atom. The van der Waals surface area contributed by atoms with Gasteiger partial charge in [0.2, 0.25) is 0 Å². The first-order valence-electron chi connectivity index (χ1n) is 6.64. The Balaban J connectivity index is 2.55. The summed E-state index contributed by atoms with van der Waals surface area (Å²) >= 11 is 0. The number of carbonyl (C=O) groups is 1. The van der Waals surface area contributed by atoms with Crippen molar-refractivity contribution in [1.29, 1.82) is 0 Å². The fourth-order valence-electron chi connectivity index (χ4n) is 1.88. The van der Waals surface area contributed by atoms with Crippen LogP contribution in [0.3, 0.4) is 0 Å². The minimum atomic E-state index is -0.749. The van der Waals surface area contributed by atoms with Crippen LogP contribution in [0, 0.1) is 0 Å². The van der Waals surface area contributed by atoms with Gasteiger partial charge in [0.05, 0.1) is 7.11 Å². The second-order valence-electron chi connectivity index (χ2n) is 4.90. The molecule has 0 aliphatic rings. The van der Waals surface area contributed by atoms with Crippen LogP contribution in [0.5, 0.6) is 5.75 Å². The van der Waals surface area contributed by atoms with Crippen molar-refractivity contribution in [3.63, 3.8) is 0 Å². The van der Waals surface area contributed by atoms with E-state index >= 15 is 0 Å². The van der Waals surface area contributed by atoms with Gasteiger partial charge in [-0.25, -0.2) is 0 Å². The largest absolute Gasteiger partial charge is 0.496 e. The minimum Gasteiger partial charge on any atom is -0.496 e. The number of carboxylic acids is 1. The summed E-state index contributed by atoms with van der Waals surface area (Å²) in [6, 6.07) is 6.22. The molecule has 0 heterocycles. The summed E-state index contributed by atoms with van der Waals surface area (Å²) < 4.78 is 5.34. The maximum absolute atomic E-state index is 10.4. The molecule has 0 saturated heterocycles. The Kier molecular flexibility index (Phi) is 6.36. The lowest BCUT2D eigenvalue weighted by Crippen LogP contribution is -2.16. The number of nitrogens with one attached hydrogen (secondary N) is 1. The topological polar surface area (TPSA) is 58.6 Å². The van der Waals surface area contributed by atoms with Crippen LogP contribution in [0.1, 0.15) is 43.7 Å². The molecule has 0 radical (unpaired) electrons. The van der Waals surface area contributed by atoms with Gasteiger partial charge in [-0.05, 0) is 30.5 Å². The van der Waals surface area contributed by atoms with Gasteiger partial charge in [0.1, 0.15) is 5.75 Å². The molecule has 1 rings (SSSR count). The Morgan fingerprint density at radius 1 is 1.42 bits per heavy atom. The zero-order chi connectivity index (χ0) is 14.3. The van der Waals surface area contributed by atoms with Gasteiger partial charge in [0.15, 0.2) is 0 Å². The first-order chi connectivity index (χ1) is 9.04. The van der Waals surface area contributed by atoms with Crippen molar-refractivity contribution in [2.24, 2.45) is 0 Å². The molecule has 0 aliphatic heterocycles. The number of carboxylic acid groups (broad SMARTS) is 1. The average molecular weight is 265 g/mol. The molecule has 2 N–H and O–H groups in total. The van der Waals surface area contributed by atoms with Gasteiger partial charge in [-0.2, -0.15) is 0 Å². The van der Waals surface area contributed by atoms with Crippen molar-refractivity contribution in [2.45, 2.75) is 39.2 Å². The average Bonchev–Trinajstić information content (AvgIpc) is 2.37. The normalized spacial score (nSPS) is 10.7. The summed E-state index contributed by atoms with van der Waals surface area (Å²) in [5.41, 5.74) is 2.40. The maximum atomic E-state index is 10.4. The first-order valence-corrected chi connectivity index (χ1v) is 6.64. The lowest BCUT2D eigenvalue weighted by molar-refractivity contribution is -0.137. The predicted molar refractivity (Wildman–Crippen MR) is 75.7 cm³/mol. The smallest absolute Gasteiger partial charge is 0.303 e. The summed E-state index contributed by atoms with van der Waals surface area (Å²) in [7, 11) is 1.66. The van der Waals surface area contributed by atoms with Crippen molar-refractivity contribution in [3.8, 4) is 5.75 Å². The molecule has 0 spiro atoms. The molecule has 0 bridgehead atoms. The van der Waals surface area contributed by atoms with E-state index in [1.807, 2.05) is 6.07 Å². The molecule has 0 fully saturated rings. The number of rotatable bonds is 8. The Bertz CT molecular complexity index is 416. The standard InChI is InChI=1S/C15H23NO3/c1-11(2)12-6-7-14(19-3)13(9-12)10-16-8-4-5-15(17)18/h6-7,9,11,16H,4-5,8,10H2,1-3H3,(H,17,18). The molecule has 0 aliphatic carbocycles. The number of hydrogen-bond donors (Lipinski definition) is 2. The predicted octanol–water partition coefficient (Wildman–Crippen LogP) is 2.77. The molecule has 0 atom stereocenters. The number of hydrogen-bond acceptors (Lipinski definition) is 3. The van der Waals surface area contributed by atoms with Gasteiger partial charge in [0.25, 0.3) is 0 Å². The highest BCUT2D eigenvalue weighted by Crippen LogP contribution is 2.23. The molecule has 1 aromatic carbocycles. The van der Waals surface area contributed by atoms with E-state index in [0.29, 0.717) is 25.4 Å². The molecule has 0 amide bonds. The van der Waals surface area contributed by atoms with Crippen LogP contribution in [0.4, 0.5) is 0 Å². The van der Waals surface area contributed by atoms with E-state index in [9.17, 15) is 4.79 Å². The monoisotopic (exact) mass is 265 g/mol. The van der Waals surface area contributed by atoms with Gasteiger partial charge >= 0.3 is 5.97 Å². The van der Waals surface area contributed by atoms with Crippen LogP contribution in [0.25, 0.3) is 0 Å². The van der Waals surface area contributed by atoms with E-state index in [2.05, 4.69) is 31.3 Å². The number of benzene rings is 1. The zero-order valence-corrected chi connectivity index (χ0v) is 11.9. The molecular weight excluding hydrogens is 242 g/mol. The van der Waals surface area contributed by atoms with E-state index in [1.165, 1.54) is 5.56 Å². The number of methoxy groups -OCH3 is 1. The Labute approximate surface area is 114 Å². The van der Waals surface area contributed by atoms with Gasteiger partial charge in [-0.1, -0.05) is 26.0 Å². The summed E-state index contributed by atoms with van der Waals surface area (Å²) in [5.74, 6) is 0.605. The lowest BCUT2D eigenvalue weighted by atomic mass is 10.00. The summed E-state index contributed by atoms with van der Waals surface area (Å²) in [4.78, 5) is 10.4. The van der Waals surface area contributed by atoms with E-state index in [0.717, 1.165) is 11.3 Å². The van der Waals surface area contributed by atoms with Crippen LogP contribution in [0.2, 0.25) is 0 Å². The third-order valence-electron chi connectivity index (χ3n) is 3.03. The second-order valence-corrected chi connectivity index (χ2v) is 4.90. The maximum Gasteiger partial charge on any atom is 0.303 e. The second kappa shape index (κ2) is 7.79. The van der Waals surface area contributed by atoms with Gasteiger partial charge < -0.3 is 15.2 Å². The van der Waals surface area contributed by atoms with Crippen molar-refractivity contribution in [1.82, 2.24) is 5.32 Å². The minimum absolute atomic E-state index is 0.205. The van der Waals surface area contributed by atoms with Crippen LogP contribution in [-0.2, 0) is 11.3 Å². The molecule has 4 heteroatoms. The lowest BCUT2D eigenvalue weighted by Gasteiger charge is -2.13. The molecule has 4 nitrogen and oxygen atoms in total. The number of ether oxygens (including phenoxy) is 1. The molecule has 1 aromatic rings. The van der Waals surface area contributed by atoms with Crippen molar-refractivity contribution in [3.05, 3.63) is 29.3 Å². The molecule has 0 unspecified atom stereocenters. The van der Waals surface area contributed by atoms with E-state index < -0.39 is 5.97 Å². The third-order valence-corrected chi connectivity index (χ3v) is 3.03. The molecule has 0 saturated carbocycles. The third kappa shape index (κ3) is 5.30. The van der Waals surface area contributed by atoms with Crippen LogP contribution < -0.4 is 10.1 Å². The van der Waals surface area contributed by atoms with Crippen LogP contribution in [0.15, 0.2) is 18.2 Å².